The number of aryl methyl sites for hydroxylation is 6. The average molecular weight is 1410 g/mol. The molecule has 6 heterocycles. The molecular weight excluding hydrogens is 1310 g/mol. The van der Waals surface area contributed by atoms with Crippen LogP contribution in [0.1, 0.15) is 212 Å². The highest BCUT2D eigenvalue weighted by Gasteiger charge is 2.23. The number of hydrogen-bond donors (Lipinski definition) is 0. The number of benzene rings is 2. The van der Waals surface area contributed by atoms with Gasteiger partial charge in [-0.25, -0.2) is 0 Å². The zero-order valence-corrected chi connectivity index (χ0v) is 64.0. The van der Waals surface area contributed by atoms with Crippen LogP contribution in [0.3, 0.4) is 0 Å². The van der Waals surface area contributed by atoms with Crippen molar-refractivity contribution in [1.29, 1.82) is 0 Å². The molecule has 0 radical (unpaired) electrons. The fraction of sp³-hybridized carbons (Fsp3) is 0.409. The third-order valence-electron chi connectivity index (χ3n) is 16.4. The molecule has 0 N–H and O–H groups in total. The first-order chi connectivity index (χ1) is 48.1. The van der Waals surface area contributed by atoms with E-state index in [1.807, 2.05) is 51.4 Å². The van der Waals surface area contributed by atoms with E-state index >= 15 is 0 Å². The lowest BCUT2D eigenvalue weighted by molar-refractivity contribution is 0.305. The minimum Gasteiger partial charge on any atom is -0.493 e. The van der Waals surface area contributed by atoms with Gasteiger partial charge in [-0.1, -0.05) is 156 Å². The molecule has 508 valence electrons. The van der Waals surface area contributed by atoms with Gasteiger partial charge in [0, 0.05) is 116 Å². The number of ether oxygens (including phenoxy) is 4. The maximum absolute atomic E-state index is 6.80. The van der Waals surface area contributed by atoms with E-state index in [-0.39, 0.29) is 0 Å². The van der Waals surface area contributed by atoms with Crippen LogP contribution in [0, 0.1) is 124 Å². The molecule has 0 amide bonds. The first-order valence-corrected chi connectivity index (χ1v) is 40.4. The molecule has 4 nitrogen and oxygen atoms in total. The van der Waals surface area contributed by atoms with Gasteiger partial charge in [0.25, 0.3) is 0 Å². The third kappa shape index (κ3) is 26.2. The van der Waals surface area contributed by atoms with Gasteiger partial charge >= 0.3 is 0 Å². The molecule has 0 saturated carbocycles. The van der Waals surface area contributed by atoms with Gasteiger partial charge in [-0.05, 0) is 198 Å². The van der Waals surface area contributed by atoms with E-state index in [9.17, 15) is 0 Å². The fourth-order valence-corrected chi connectivity index (χ4v) is 17.6. The Morgan fingerprint density at radius 3 is 0.969 bits per heavy atom. The molecule has 0 aliphatic carbocycles. The molecular formula is C88H96O4S6. The second-order valence-electron chi connectivity index (χ2n) is 24.5. The highest BCUT2D eigenvalue weighted by Crippen LogP contribution is 2.50. The van der Waals surface area contributed by atoms with Crippen LogP contribution in [-0.4, -0.2) is 13.2 Å². The van der Waals surface area contributed by atoms with Gasteiger partial charge in [0.15, 0.2) is 0 Å². The molecule has 0 aliphatic heterocycles. The summed E-state index contributed by atoms with van der Waals surface area (Å²) >= 11 is 10.9. The lowest BCUT2D eigenvalue weighted by atomic mass is 10.0. The molecule has 2 aromatic carbocycles. The lowest BCUT2D eigenvalue weighted by Crippen LogP contribution is -2.00. The number of unbranched alkanes of at least 4 members (excludes halogenated alkanes) is 20. The summed E-state index contributed by atoms with van der Waals surface area (Å²) in [7, 11) is 0. The number of rotatable bonds is 38. The van der Waals surface area contributed by atoms with Crippen molar-refractivity contribution in [2.75, 3.05) is 13.2 Å². The lowest BCUT2D eigenvalue weighted by Gasteiger charge is -2.15. The van der Waals surface area contributed by atoms with Crippen LogP contribution in [0.25, 0.3) is 61.3 Å². The van der Waals surface area contributed by atoms with E-state index in [1.54, 1.807) is 22.7 Å². The zero-order valence-electron chi connectivity index (χ0n) is 59.1. The van der Waals surface area contributed by atoms with Crippen LogP contribution in [0.2, 0.25) is 0 Å². The van der Waals surface area contributed by atoms with Crippen LogP contribution in [0.15, 0.2) is 84.9 Å². The standard InChI is InChI=1S/C56H66O2S4.C32H30O2S2/c1-7-11-15-19-23-27-31-45-39-43(5)59-55(45)53-35-33-51(61-53)47-41-50(58-38-30-26-22-18-14-10-4)48(42-49(47)57-37-29-25-21-17-13-9-3)52-34-36-54(62-52)56-46(40-44(6)60-56)32-28-24-20-16-12-8-2;1-5-7-9-11-13-15-21-33-29-23-28(32-20-18-26(4)36-32)30(34-22-16-14-12-10-8-6-2)24-27(29)31-19-17-25(3)35-31/h3,33-36,39-42H,7-8,10-12,14-16,18-20,22-24,26-28,30-32,38H2,1-2,4-6H3;1,17-20,23-24H,6,8,10,12,14,16,22H2,2-4H3. The second kappa shape index (κ2) is 45.1. The van der Waals surface area contributed by atoms with E-state index in [0.717, 1.165) is 78.9 Å². The molecule has 6 aromatic heterocycles. The van der Waals surface area contributed by atoms with E-state index in [4.69, 9.17) is 31.8 Å². The zero-order chi connectivity index (χ0) is 69.4. The Morgan fingerprint density at radius 2 is 0.602 bits per heavy atom. The Labute approximate surface area is 613 Å². The van der Waals surface area contributed by atoms with Crippen molar-refractivity contribution in [3.05, 3.63) is 116 Å². The van der Waals surface area contributed by atoms with Gasteiger partial charge in [0.2, 0.25) is 0 Å². The Hall–Kier alpha value is -7.68. The predicted octanol–water partition coefficient (Wildman–Crippen LogP) is 26.2. The van der Waals surface area contributed by atoms with Gasteiger partial charge in [-0.2, -0.15) is 0 Å². The van der Waals surface area contributed by atoms with E-state index in [2.05, 4.69) is 218 Å². The average Bonchev–Trinajstić information content (AvgIpc) is 1.52. The third-order valence-corrected chi connectivity index (χ3v) is 23.3. The molecule has 0 bridgehead atoms. The number of thiophene rings is 6. The van der Waals surface area contributed by atoms with E-state index in [1.165, 1.54) is 191 Å². The molecule has 0 fully saturated rings. The molecule has 0 spiro atoms. The summed E-state index contributed by atoms with van der Waals surface area (Å²) < 4.78 is 25.4. The summed E-state index contributed by atoms with van der Waals surface area (Å²) in [6.45, 7) is 19.1. The highest BCUT2D eigenvalue weighted by atomic mass is 32.1. The van der Waals surface area contributed by atoms with Crippen molar-refractivity contribution < 1.29 is 18.9 Å². The van der Waals surface area contributed by atoms with Crippen molar-refractivity contribution in [2.24, 2.45) is 0 Å². The maximum Gasteiger partial charge on any atom is 0.149 e. The van der Waals surface area contributed by atoms with Gasteiger partial charge < -0.3 is 18.9 Å². The Kier molecular flexibility index (Phi) is 35.7. The Balaban J connectivity index is 0.000000318. The quantitative estimate of drug-likeness (QED) is 0.0285. The molecule has 8 rings (SSSR count). The Bertz CT molecular complexity index is 4270. The molecule has 8 aromatic rings. The topological polar surface area (TPSA) is 36.9 Å². The summed E-state index contributed by atoms with van der Waals surface area (Å²) in [4.78, 5) is 15.1. The molecule has 0 aliphatic rings. The second-order valence-corrected chi connectivity index (χ2v) is 31.7. The van der Waals surface area contributed by atoms with Crippen molar-refractivity contribution in [3.63, 3.8) is 0 Å². The van der Waals surface area contributed by atoms with E-state index < -0.39 is 0 Å². The predicted molar refractivity (Wildman–Crippen MR) is 429 cm³/mol. The summed E-state index contributed by atoms with van der Waals surface area (Å²) in [5, 5.41) is 0. The SMILES string of the molecule is C#CC#CC#CC#COc1cc(-c2ccc(-c3sc(C)cc3CCCCCCCC)s2)c(OCCCCCCCC)cc1-c1ccc(-c2sc(C)cc2CCCCCCCC)s1.C#CC#CC#CC#COc1cc(-c2ccc(C)s2)c(OCCCCCCCC)cc1-c1ccc(C)s1. The molecule has 0 atom stereocenters. The van der Waals surface area contributed by atoms with Crippen molar-refractivity contribution in [1.82, 2.24) is 0 Å². The first-order valence-electron chi connectivity index (χ1n) is 35.5. The monoisotopic (exact) mass is 1410 g/mol. The van der Waals surface area contributed by atoms with Crippen LogP contribution in [0.5, 0.6) is 23.0 Å². The maximum atomic E-state index is 6.80. The van der Waals surface area contributed by atoms with Crippen molar-refractivity contribution in [3.8, 4) is 180 Å². The van der Waals surface area contributed by atoms with Crippen LogP contribution in [0.4, 0.5) is 0 Å². The van der Waals surface area contributed by atoms with Crippen molar-refractivity contribution in [2.45, 2.75) is 222 Å². The number of terminal acetylenes is 2. The van der Waals surface area contributed by atoms with Crippen LogP contribution < -0.4 is 18.9 Å². The number of hydrogen-bond acceptors (Lipinski definition) is 10. The van der Waals surface area contributed by atoms with Crippen LogP contribution >= 0.6 is 68.0 Å². The Morgan fingerprint density at radius 1 is 0.296 bits per heavy atom. The summed E-state index contributed by atoms with van der Waals surface area (Å²) in [5.74, 6) is 33.9. The molecule has 0 unspecified atom stereocenters. The summed E-state index contributed by atoms with van der Waals surface area (Å²) in [6, 6.07) is 30.8. The largest absolute Gasteiger partial charge is 0.493 e. The fourth-order valence-electron chi connectivity index (χ4n) is 11.4. The smallest absolute Gasteiger partial charge is 0.149 e. The first kappa shape index (κ1) is 77.7. The van der Waals surface area contributed by atoms with Gasteiger partial charge in [-0.15, -0.1) is 80.9 Å². The van der Waals surface area contributed by atoms with Crippen LogP contribution in [-0.2, 0) is 12.8 Å². The van der Waals surface area contributed by atoms with Gasteiger partial charge in [-0.3, -0.25) is 0 Å². The molecule has 98 heavy (non-hydrogen) atoms. The van der Waals surface area contributed by atoms with Gasteiger partial charge in [0.05, 0.1) is 13.2 Å². The molecule has 0 saturated heterocycles. The minimum absolute atomic E-state index is 0.670. The summed E-state index contributed by atoms with van der Waals surface area (Å²) in [5.41, 5.74) is 6.90. The summed E-state index contributed by atoms with van der Waals surface area (Å²) in [6.07, 6.45) is 48.4. The normalized spacial score (nSPS) is 10.3. The minimum atomic E-state index is 0.670. The molecule has 10 heteroatoms. The van der Waals surface area contributed by atoms with Crippen molar-refractivity contribution >= 4 is 68.0 Å². The highest BCUT2D eigenvalue weighted by molar-refractivity contribution is 7.24. The van der Waals surface area contributed by atoms with E-state index in [0.29, 0.717) is 24.7 Å². The van der Waals surface area contributed by atoms with Gasteiger partial charge in [0.1, 0.15) is 35.2 Å².